The van der Waals surface area contributed by atoms with E-state index >= 15 is 0 Å². The molecule has 0 aliphatic heterocycles. The van der Waals surface area contributed by atoms with Crippen molar-refractivity contribution in [2.45, 2.75) is 26.7 Å². The number of unbranched alkanes of at least 4 members (excludes halogenated alkanes) is 1. The maximum atomic E-state index is 12.5. The number of hydrogen-bond acceptors (Lipinski definition) is 4. The van der Waals surface area contributed by atoms with Gasteiger partial charge in [-0.25, -0.2) is 0 Å². The van der Waals surface area contributed by atoms with Crippen LogP contribution in [-0.4, -0.2) is 19.5 Å². The van der Waals surface area contributed by atoms with Crippen molar-refractivity contribution < 1.29 is 14.3 Å². The lowest BCUT2D eigenvalue weighted by Crippen LogP contribution is -2.04. The van der Waals surface area contributed by atoms with Crippen molar-refractivity contribution >= 4 is 23.2 Å². The van der Waals surface area contributed by atoms with Gasteiger partial charge in [-0.3, -0.25) is 4.79 Å². The summed E-state index contributed by atoms with van der Waals surface area (Å²) in [4.78, 5) is 14.8. The van der Waals surface area contributed by atoms with Crippen molar-refractivity contribution in [1.29, 1.82) is 0 Å². The van der Waals surface area contributed by atoms with Gasteiger partial charge < -0.3 is 9.47 Å². The Morgan fingerprint density at radius 1 is 1.26 bits per heavy atom. The number of ether oxygens (including phenoxy) is 2. The topological polar surface area (TPSA) is 35.5 Å². The number of allylic oxidation sites excluding steroid dienone is 1. The summed E-state index contributed by atoms with van der Waals surface area (Å²) in [5.74, 6) is 1.18. The fourth-order valence-electron chi connectivity index (χ4n) is 2.07. The Bertz CT molecular complexity index is 686. The highest BCUT2D eigenvalue weighted by Crippen LogP contribution is 2.26. The minimum atomic E-state index is -0.0820. The normalized spacial score (nSPS) is 10.9. The molecule has 4 heteroatoms. The van der Waals surface area contributed by atoms with Crippen molar-refractivity contribution in [3.8, 4) is 11.5 Å². The molecule has 0 saturated heterocycles. The summed E-state index contributed by atoms with van der Waals surface area (Å²) in [6.07, 6.45) is 5.45. The maximum absolute atomic E-state index is 12.5. The predicted molar refractivity (Wildman–Crippen MR) is 95.8 cm³/mol. The van der Waals surface area contributed by atoms with Crippen LogP contribution in [0.3, 0.4) is 0 Å². The Labute approximate surface area is 141 Å². The summed E-state index contributed by atoms with van der Waals surface area (Å²) in [6, 6.07) is 9.39. The second-order valence-electron chi connectivity index (χ2n) is 5.21. The summed E-state index contributed by atoms with van der Waals surface area (Å²) in [5.41, 5.74) is 0.532. The lowest BCUT2D eigenvalue weighted by atomic mass is 10.1. The van der Waals surface area contributed by atoms with Crippen molar-refractivity contribution in [3.05, 3.63) is 51.7 Å². The Morgan fingerprint density at radius 2 is 2.09 bits per heavy atom. The van der Waals surface area contributed by atoms with Crippen LogP contribution in [0.25, 0.3) is 6.08 Å². The smallest absolute Gasteiger partial charge is 0.189 e. The third-order valence-corrected chi connectivity index (χ3v) is 4.33. The summed E-state index contributed by atoms with van der Waals surface area (Å²) >= 11 is 1.66. The zero-order valence-corrected chi connectivity index (χ0v) is 14.6. The van der Waals surface area contributed by atoms with Gasteiger partial charge in [-0.2, -0.15) is 0 Å². The van der Waals surface area contributed by atoms with E-state index in [-0.39, 0.29) is 5.78 Å². The maximum Gasteiger partial charge on any atom is 0.189 e. The largest absolute Gasteiger partial charge is 0.497 e. The van der Waals surface area contributed by atoms with Crippen LogP contribution < -0.4 is 9.47 Å². The number of rotatable bonds is 8. The van der Waals surface area contributed by atoms with Crippen LogP contribution in [0.4, 0.5) is 0 Å². The number of benzene rings is 1. The fraction of sp³-hybridized carbons (Fsp3) is 0.316. The van der Waals surface area contributed by atoms with Crippen LogP contribution in [0.2, 0.25) is 0 Å². The van der Waals surface area contributed by atoms with E-state index in [1.165, 1.54) is 4.88 Å². The molecule has 0 unspecified atom stereocenters. The van der Waals surface area contributed by atoms with Crippen LogP contribution in [-0.2, 0) is 0 Å². The molecular formula is C19H22O3S. The highest BCUT2D eigenvalue weighted by atomic mass is 32.1. The van der Waals surface area contributed by atoms with Crippen molar-refractivity contribution in [3.63, 3.8) is 0 Å². The Morgan fingerprint density at radius 3 is 2.74 bits per heavy atom. The van der Waals surface area contributed by atoms with Gasteiger partial charge in [0, 0.05) is 9.75 Å². The highest BCUT2D eigenvalue weighted by molar-refractivity contribution is 7.12. The first-order chi connectivity index (χ1) is 11.1. The third kappa shape index (κ3) is 4.96. The van der Waals surface area contributed by atoms with Crippen LogP contribution in [0.1, 0.15) is 39.9 Å². The third-order valence-electron chi connectivity index (χ3n) is 3.37. The average Bonchev–Trinajstić information content (AvgIpc) is 2.98. The number of carbonyl (C=O) groups excluding carboxylic acids is 1. The van der Waals surface area contributed by atoms with Gasteiger partial charge in [0.25, 0.3) is 0 Å². The van der Waals surface area contributed by atoms with Crippen molar-refractivity contribution in [2.24, 2.45) is 0 Å². The zero-order chi connectivity index (χ0) is 16.7. The van der Waals surface area contributed by atoms with Crippen molar-refractivity contribution in [1.82, 2.24) is 0 Å². The quantitative estimate of drug-likeness (QED) is 0.382. The van der Waals surface area contributed by atoms with E-state index in [1.807, 2.05) is 31.2 Å². The summed E-state index contributed by atoms with van der Waals surface area (Å²) in [7, 11) is 1.59. The lowest BCUT2D eigenvalue weighted by Gasteiger charge is -2.11. The first-order valence-electron chi connectivity index (χ1n) is 7.73. The number of carbonyl (C=O) groups is 1. The zero-order valence-electron chi connectivity index (χ0n) is 13.8. The number of methoxy groups -OCH3 is 1. The molecule has 23 heavy (non-hydrogen) atoms. The number of aryl methyl sites for hydroxylation is 1. The van der Waals surface area contributed by atoms with Gasteiger partial charge in [-0.1, -0.05) is 13.3 Å². The summed E-state index contributed by atoms with van der Waals surface area (Å²) in [6.45, 7) is 4.76. The standard InChI is InChI=1S/C19H22O3S/c1-4-5-12-22-19-11-7-15(21-3)13-17(19)18(20)10-9-16-8-6-14(2)23-16/h6-11,13H,4-5,12H2,1-3H3/b10-9+. The molecule has 1 aromatic heterocycles. The molecule has 0 spiro atoms. The van der Waals surface area contributed by atoms with Gasteiger partial charge in [-0.15, -0.1) is 11.3 Å². The highest BCUT2D eigenvalue weighted by Gasteiger charge is 2.12. The van der Waals surface area contributed by atoms with Gasteiger partial charge in [0.05, 0.1) is 19.3 Å². The van der Waals surface area contributed by atoms with Crippen LogP contribution in [0, 0.1) is 6.92 Å². The molecule has 2 rings (SSSR count). The molecule has 0 aliphatic rings. The van der Waals surface area contributed by atoms with E-state index in [0.29, 0.717) is 23.7 Å². The van der Waals surface area contributed by atoms with E-state index in [9.17, 15) is 4.79 Å². The molecule has 3 nitrogen and oxygen atoms in total. The Kier molecular flexibility index (Phi) is 6.41. The lowest BCUT2D eigenvalue weighted by molar-refractivity contribution is 0.104. The van der Waals surface area contributed by atoms with E-state index in [4.69, 9.17) is 9.47 Å². The molecule has 0 radical (unpaired) electrons. The van der Waals surface area contributed by atoms with E-state index in [0.717, 1.165) is 17.7 Å². The van der Waals surface area contributed by atoms with Gasteiger partial charge >= 0.3 is 0 Å². The first-order valence-corrected chi connectivity index (χ1v) is 8.55. The average molecular weight is 330 g/mol. The molecule has 0 atom stereocenters. The molecular weight excluding hydrogens is 308 g/mol. The van der Waals surface area contributed by atoms with Crippen molar-refractivity contribution in [2.75, 3.05) is 13.7 Å². The molecule has 122 valence electrons. The van der Waals surface area contributed by atoms with E-state index in [1.54, 1.807) is 36.7 Å². The molecule has 1 aromatic carbocycles. The molecule has 0 amide bonds. The van der Waals surface area contributed by atoms with Gasteiger partial charge in [0.15, 0.2) is 5.78 Å². The minimum Gasteiger partial charge on any atom is -0.497 e. The first kappa shape index (κ1) is 17.3. The molecule has 0 fully saturated rings. The van der Waals surface area contributed by atoms with Crippen LogP contribution in [0.5, 0.6) is 11.5 Å². The van der Waals surface area contributed by atoms with E-state index in [2.05, 4.69) is 6.92 Å². The molecule has 2 aromatic rings. The number of hydrogen-bond donors (Lipinski definition) is 0. The molecule has 0 bridgehead atoms. The second-order valence-corrected chi connectivity index (χ2v) is 6.53. The predicted octanol–water partition coefficient (Wildman–Crippen LogP) is 5.14. The second kappa shape index (κ2) is 8.53. The Balaban J connectivity index is 2.20. The van der Waals surface area contributed by atoms with E-state index < -0.39 is 0 Å². The van der Waals surface area contributed by atoms with Crippen LogP contribution in [0.15, 0.2) is 36.4 Å². The summed E-state index contributed by atoms with van der Waals surface area (Å²) < 4.78 is 11.0. The van der Waals surface area contributed by atoms with Gasteiger partial charge in [0.1, 0.15) is 11.5 Å². The monoisotopic (exact) mass is 330 g/mol. The van der Waals surface area contributed by atoms with Gasteiger partial charge in [-0.05, 0) is 55.8 Å². The van der Waals surface area contributed by atoms with Gasteiger partial charge in [0.2, 0.25) is 0 Å². The molecule has 0 aliphatic carbocycles. The molecule has 0 N–H and O–H groups in total. The Hall–Kier alpha value is -2.07. The fourth-order valence-corrected chi connectivity index (χ4v) is 2.85. The number of thiophene rings is 1. The molecule has 0 saturated carbocycles. The summed E-state index contributed by atoms with van der Waals surface area (Å²) in [5, 5.41) is 0. The molecule has 1 heterocycles. The SMILES string of the molecule is CCCCOc1ccc(OC)cc1C(=O)/C=C/c1ccc(C)s1. The minimum absolute atomic E-state index is 0.0820. The van der Waals surface area contributed by atoms with Crippen LogP contribution >= 0.6 is 11.3 Å². The number of ketones is 1.